The molecule has 0 bridgehead atoms. The van der Waals surface area contributed by atoms with Crippen LogP contribution in [0.5, 0.6) is 0 Å². The Morgan fingerprint density at radius 2 is 2.00 bits per heavy atom. The van der Waals surface area contributed by atoms with Gasteiger partial charge in [-0.2, -0.15) is 9.37 Å². The summed E-state index contributed by atoms with van der Waals surface area (Å²) >= 11 is 0. The first kappa shape index (κ1) is 12.2. The molecule has 92 valence electrons. The van der Waals surface area contributed by atoms with Crippen LogP contribution in [-0.4, -0.2) is 9.97 Å². The maximum atomic E-state index is 13.6. The predicted molar refractivity (Wildman–Crippen MR) is 65.9 cm³/mol. The van der Waals surface area contributed by atoms with Crippen LogP contribution in [0.4, 0.5) is 14.6 Å². The van der Waals surface area contributed by atoms with Crippen molar-refractivity contribution in [2.24, 2.45) is 0 Å². The number of halogens is 2. The minimum atomic E-state index is -1.26. The number of nitrogens with zero attached hydrogens (tertiary/aromatic N) is 2. The molecule has 0 unspecified atom stereocenters. The number of terminal acetylenes is 1. The van der Waals surface area contributed by atoms with E-state index in [9.17, 15) is 8.78 Å². The largest absolute Gasteiger partial charge is 0.384 e. The summed E-state index contributed by atoms with van der Waals surface area (Å²) in [4.78, 5) is 7.35. The average molecular weight is 247 g/mol. The summed E-state index contributed by atoms with van der Waals surface area (Å²) in [5, 5.41) is 0.348. The molecule has 0 atom stereocenters. The summed E-state index contributed by atoms with van der Waals surface area (Å²) in [5.74, 6) is 0.0107. The second kappa shape index (κ2) is 4.22. The number of fused-ring (bicyclic) bond motifs is 1. The Balaban J connectivity index is 3.03. The van der Waals surface area contributed by atoms with Crippen molar-refractivity contribution in [3.8, 4) is 12.3 Å². The van der Waals surface area contributed by atoms with Gasteiger partial charge >= 0.3 is 0 Å². The molecule has 2 N–H and O–H groups in total. The van der Waals surface area contributed by atoms with Crippen molar-refractivity contribution < 1.29 is 8.78 Å². The maximum absolute atomic E-state index is 13.6. The Morgan fingerprint density at radius 1 is 1.33 bits per heavy atom. The van der Waals surface area contributed by atoms with Gasteiger partial charge in [0.25, 0.3) is 5.95 Å². The molecule has 0 aliphatic carbocycles. The van der Waals surface area contributed by atoms with Gasteiger partial charge < -0.3 is 5.73 Å². The first-order valence-corrected chi connectivity index (χ1v) is 5.37. The van der Waals surface area contributed by atoms with Gasteiger partial charge in [-0.15, -0.1) is 6.42 Å². The monoisotopic (exact) mass is 247 g/mol. The van der Waals surface area contributed by atoms with Crippen LogP contribution in [0.15, 0.2) is 6.07 Å². The molecule has 0 aromatic carbocycles. The molecule has 2 heterocycles. The van der Waals surface area contributed by atoms with E-state index in [2.05, 4.69) is 15.9 Å². The first-order chi connectivity index (χ1) is 8.45. The van der Waals surface area contributed by atoms with Crippen molar-refractivity contribution in [1.82, 2.24) is 9.97 Å². The number of hydrogen-bond donors (Lipinski definition) is 1. The Kier molecular flexibility index (Phi) is 2.87. The van der Waals surface area contributed by atoms with Crippen LogP contribution in [0.25, 0.3) is 11.0 Å². The fraction of sp³-hybridized carbons (Fsp3) is 0.231. The third-order valence-electron chi connectivity index (χ3n) is 2.67. The van der Waals surface area contributed by atoms with E-state index >= 15 is 0 Å². The van der Waals surface area contributed by atoms with Crippen molar-refractivity contribution in [1.29, 1.82) is 0 Å². The summed E-state index contributed by atoms with van der Waals surface area (Å²) in [6.07, 6.45) is 5.25. The summed E-state index contributed by atoms with van der Waals surface area (Å²) in [5.41, 5.74) is 6.20. The topological polar surface area (TPSA) is 51.8 Å². The molecule has 2 aromatic rings. The number of anilines is 1. The van der Waals surface area contributed by atoms with Crippen molar-refractivity contribution in [2.45, 2.75) is 19.8 Å². The Morgan fingerprint density at radius 3 is 2.56 bits per heavy atom. The zero-order chi connectivity index (χ0) is 13.4. The molecule has 3 nitrogen and oxygen atoms in total. The lowest BCUT2D eigenvalue weighted by molar-refractivity contribution is 0.481. The van der Waals surface area contributed by atoms with Gasteiger partial charge in [0.05, 0.1) is 5.56 Å². The zero-order valence-corrected chi connectivity index (χ0v) is 9.96. The normalized spacial score (nSPS) is 10.9. The number of nitrogens with two attached hydrogens (primary N) is 1. The van der Waals surface area contributed by atoms with Gasteiger partial charge in [0.2, 0.25) is 0 Å². The van der Waals surface area contributed by atoms with Crippen LogP contribution in [0.1, 0.15) is 30.9 Å². The third kappa shape index (κ3) is 1.76. The van der Waals surface area contributed by atoms with E-state index in [1.807, 2.05) is 13.8 Å². The van der Waals surface area contributed by atoms with Gasteiger partial charge in [0.15, 0.2) is 11.5 Å². The fourth-order valence-corrected chi connectivity index (χ4v) is 1.85. The highest BCUT2D eigenvalue weighted by atomic mass is 19.2. The molecule has 0 aliphatic heterocycles. The third-order valence-corrected chi connectivity index (χ3v) is 2.67. The minimum absolute atomic E-state index is 0.0329. The molecule has 2 rings (SSSR count). The van der Waals surface area contributed by atoms with Gasteiger partial charge in [0.1, 0.15) is 5.82 Å². The summed E-state index contributed by atoms with van der Waals surface area (Å²) < 4.78 is 26.9. The molecule has 5 heteroatoms. The van der Waals surface area contributed by atoms with Crippen LogP contribution in [0, 0.1) is 24.1 Å². The number of hydrogen-bond acceptors (Lipinski definition) is 3. The number of aromatic nitrogens is 2. The van der Waals surface area contributed by atoms with Gasteiger partial charge in [-0.25, -0.2) is 9.37 Å². The molecule has 2 aromatic heterocycles. The Hall–Kier alpha value is -2.22. The van der Waals surface area contributed by atoms with Crippen LogP contribution in [0.2, 0.25) is 0 Å². The van der Waals surface area contributed by atoms with E-state index < -0.39 is 11.8 Å². The van der Waals surface area contributed by atoms with Crippen LogP contribution >= 0.6 is 0 Å². The number of pyridine rings is 2. The highest BCUT2D eigenvalue weighted by Crippen LogP contribution is 2.29. The molecule has 0 amide bonds. The maximum Gasteiger partial charge on any atom is 0.252 e. The van der Waals surface area contributed by atoms with Gasteiger partial charge in [-0.1, -0.05) is 19.8 Å². The molecule has 0 spiro atoms. The summed E-state index contributed by atoms with van der Waals surface area (Å²) in [7, 11) is 0. The van der Waals surface area contributed by atoms with Crippen molar-refractivity contribution in [2.75, 3.05) is 5.73 Å². The van der Waals surface area contributed by atoms with Gasteiger partial charge in [-0.3, -0.25) is 0 Å². The highest BCUT2D eigenvalue weighted by molar-refractivity contribution is 5.87. The first-order valence-electron chi connectivity index (χ1n) is 5.37. The molecular weight excluding hydrogens is 236 g/mol. The van der Waals surface area contributed by atoms with Crippen LogP contribution in [0.3, 0.4) is 0 Å². The Labute approximate surface area is 103 Å². The van der Waals surface area contributed by atoms with E-state index in [4.69, 9.17) is 12.2 Å². The zero-order valence-electron chi connectivity index (χ0n) is 9.96. The smallest absolute Gasteiger partial charge is 0.252 e. The summed E-state index contributed by atoms with van der Waals surface area (Å²) in [6.45, 7) is 3.80. The van der Waals surface area contributed by atoms with Crippen LogP contribution in [-0.2, 0) is 0 Å². The van der Waals surface area contributed by atoms with Crippen LogP contribution < -0.4 is 5.73 Å². The lowest BCUT2D eigenvalue weighted by atomic mass is 9.97. The molecule has 0 radical (unpaired) electrons. The second-order valence-electron chi connectivity index (χ2n) is 4.23. The Bertz CT molecular complexity index is 672. The van der Waals surface area contributed by atoms with Crippen molar-refractivity contribution >= 4 is 16.9 Å². The van der Waals surface area contributed by atoms with E-state index in [-0.39, 0.29) is 22.9 Å². The van der Waals surface area contributed by atoms with E-state index in [0.717, 1.165) is 0 Å². The number of nitrogen functional groups attached to an aromatic ring is 1. The SMILES string of the molecule is C#Cc1c(F)c(F)nc2nc(N)cc(C(C)C)c12. The molecule has 0 saturated heterocycles. The minimum Gasteiger partial charge on any atom is -0.384 e. The van der Waals surface area contributed by atoms with E-state index in [0.29, 0.717) is 10.9 Å². The summed E-state index contributed by atoms with van der Waals surface area (Å²) in [6, 6.07) is 1.60. The molecule has 0 fully saturated rings. The lowest BCUT2D eigenvalue weighted by Crippen LogP contribution is -2.04. The highest BCUT2D eigenvalue weighted by Gasteiger charge is 2.19. The molecular formula is C13H11F2N3. The molecule has 18 heavy (non-hydrogen) atoms. The quantitative estimate of drug-likeness (QED) is 0.622. The second-order valence-corrected chi connectivity index (χ2v) is 4.23. The fourth-order valence-electron chi connectivity index (χ4n) is 1.85. The standard InChI is InChI=1S/C13H11F2N3/c1-4-7-10-8(6(2)3)5-9(16)17-13(10)18-12(15)11(7)14/h1,5-6H,2-3H3,(H2,16,17,18). The van der Waals surface area contributed by atoms with Crippen molar-refractivity contribution in [3.63, 3.8) is 0 Å². The molecule has 0 aliphatic rings. The van der Waals surface area contributed by atoms with E-state index in [1.54, 1.807) is 6.07 Å². The lowest BCUT2D eigenvalue weighted by Gasteiger charge is -2.12. The van der Waals surface area contributed by atoms with E-state index in [1.165, 1.54) is 0 Å². The average Bonchev–Trinajstić information content (AvgIpc) is 2.30. The van der Waals surface area contributed by atoms with Gasteiger partial charge in [-0.05, 0) is 17.5 Å². The van der Waals surface area contributed by atoms with Gasteiger partial charge in [0, 0.05) is 5.39 Å². The predicted octanol–water partition coefficient (Wildman–Crippen LogP) is 2.59. The van der Waals surface area contributed by atoms with Crippen molar-refractivity contribution in [3.05, 3.63) is 29.0 Å². The molecule has 0 saturated carbocycles. The number of rotatable bonds is 1.